The number of carbonyl (C=O) groups is 1. The minimum atomic E-state index is -3.97. The summed E-state index contributed by atoms with van der Waals surface area (Å²) in [4.78, 5) is 12.0. The van der Waals surface area contributed by atoms with Crippen LogP contribution < -0.4 is 9.50 Å². The highest BCUT2D eigenvalue weighted by molar-refractivity contribution is 8.15. The van der Waals surface area contributed by atoms with Crippen LogP contribution in [0.4, 0.5) is 0 Å². The lowest BCUT2D eigenvalue weighted by atomic mass is 10.1. The van der Waals surface area contributed by atoms with Gasteiger partial charge in [-0.15, -0.1) is 5.10 Å². The fourth-order valence-electron chi connectivity index (χ4n) is 2.77. The van der Waals surface area contributed by atoms with E-state index in [0.717, 1.165) is 24.8 Å². The molecule has 1 saturated heterocycles. The van der Waals surface area contributed by atoms with Crippen LogP contribution in [0.1, 0.15) is 37.3 Å². The van der Waals surface area contributed by atoms with Gasteiger partial charge in [-0.2, -0.15) is 13.5 Å². The third kappa shape index (κ3) is 5.70. The fraction of sp³-hybridized carbons (Fsp3) is 0.286. The largest absolute Gasteiger partial charge is 0.378 e. The maximum Gasteiger partial charge on any atom is 0.339 e. The maximum atomic E-state index is 12.5. The number of rotatable bonds is 8. The van der Waals surface area contributed by atoms with Gasteiger partial charge in [0.05, 0.1) is 11.5 Å². The molecule has 1 aliphatic rings. The molecular weight excluding hydrogens is 422 g/mol. The van der Waals surface area contributed by atoms with E-state index in [9.17, 15) is 13.2 Å². The first-order valence-electron chi connectivity index (χ1n) is 9.58. The van der Waals surface area contributed by atoms with Crippen molar-refractivity contribution in [2.24, 2.45) is 10.2 Å². The first-order valence-corrected chi connectivity index (χ1v) is 11.9. The summed E-state index contributed by atoms with van der Waals surface area (Å²) < 4.78 is 30.4. The maximum absolute atomic E-state index is 12.5. The van der Waals surface area contributed by atoms with Gasteiger partial charge in [0.25, 0.3) is 0 Å². The quantitative estimate of drug-likeness (QED) is 0.378. The van der Waals surface area contributed by atoms with Gasteiger partial charge in [0, 0.05) is 5.56 Å². The van der Waals surface area contributed by atoms with E-state index < -0.39 is 10.1 Å². The number of nitrogens with zero attached hydrogens (tertiary/aromatic N) is 2. The summed E-state index contributed by atoms with van der Waals surface area (Å²) in [6.45, 7) is 3.96. The monoisotopic (exact) mass is 445 g/mol. The molecule has 0 unspecified atom stereocenters. The zero-order chi connectivity index (χ0) is 21.6. The molecule has 0 spiro atoms. The third-order valence-electron chi connectivity index (χ3n) is 4.34. The van der Waals surface area contributed by atoms with Crippen molar-refractivity contribution < 1.29 is 17.4 Å². The second kappa shape index (κ2) is 9.90. The Kier molecular flexibility index (Phi) is 7.28. The average Bonchev–Trinajstić information content (AvgIpc) is 3.08. The summed E-state index contributed by atoms with van der Waals surface area (Å²) in [6, 6.07) is 13.0. The molecule has 30 heavy (non-hydrogen) atoms. The molecule has 3 rings (SSSR count). The number of hydrogen-bond donors (Lipinski definition) is 1. The number of nitrogens with one attached hydrogen (secondary N) is 1. The molecule has 1 aliphatic heterocycles. The second-order valence-electron chi connectivity index (χ2n) is 6.78. The van der Waals surface area contributed by atoms with Gasteiger partial charge in [0.2, 0.25) is 5.91 Å². The number of amidine groups is 1. The van der Waals surface area contributed by atoms with Crippen molar-refractivity contribution in [2.75, 3.05) is 0 Å². The molecule has 1 amide bonds. The molecule has 0 bridgehead atoms. The van der Waals surface area contributed by atoms with Crippen molar-refractivity contribution >= 4 is 39.2 Å². The van der Waals surface area contributed by atoms with Gasteiger partial charge in [-0.05, 0) is 37.6 Å². The van der Waals surface area contributed by atoms with Crippen molar-refractivity contribution in [2.45, 2.75) is 43.3 Å². The highest BCUT2D eigenvalue weighted by Gasteiger charge is 2.29. The van der Waals surface area contributed by atoms with Crippen molar-refractivity contribution in [1.82, 2.24) is 5.32 Å². The lowest BCUT2D eigenvalue weighted by Gasteiger charge is -2.09. The molecule has 1 atom stereocenters. The van der Waals surface area contributed by atoms with Gasteiger partial charge in [-0.1, -0.05) is 61.4 Å². The van der Waals surface area contributed by atoms with E-state index in [1.807, 2.05) is 6.92 Å². The lowest BCUT2D eigenvalue weighted by molar-refractivity contribution is -0.118. The zero-order valence-corrected chi connectivity index (χ0v) is 18.4. The van der Waals surface area contributed by atoms with Crippen LogP contribution in [0.2, 0.25) is 0 Å². The van der Waals surface area contributed by atoms with Gasteiger partial charge < -0.3 is 9.50 Å². The summed E-state index contributed by atoms with van der Waals surface area (Å²) in [5.74, 6) is 0.0910. The highest BCUT2D eigenvalue weighted by atomic mass is 32.2. The molecule has 2 aromatic rings. The molecule has 0 aliphatic carbocycles. The number of amides is 1. The molecule has 9 heteroatoms. The molecule has 1 N–H and O–H groups in total. The van der Waals surface area contributed by atoms with E-state index >= 15 is 0 Å². The van der Waals surface area contributed by atoms with E-state index in [2.05, 4.69) is 22.4 Å². The first-order chi connectivity index (χ1) is 14.4. The van der Waals surface area contributed by atoms with Crippen LogP contribution in [0.5, 0.6) is 5.75 Å². The average molecular weight is 446 g/mol. The minimum absolute atomic E-state index is 0.0593. The number of carbonyl (C=O) groups excluding carboxylic acids is 1. The van der Waals surface area contributed by atoms with Crippen LogP contribution in [0, 0.1) is 6.92 Å². The standard InChI is InChI=1S/C21H23N3O4S2/c1-3-4-10-19-20(25)23-21(29-19)24-22-14-16-13-15(2)11-12-18(16)28-30(26,27)17-8-6-5-7-9-17/h5-9,11-14,19H,3-4,10H2,1-2H3,(H,23,24,25)/t19-/m1/s1. The SMILES string of the molecule is CCCC[C@H]1SC(=NN=Cc2cc(C)ccc2OS(=O)(=O)c2ccccc2)NC1=O. The normalized spacial score (nSPS) is 18.1. The van der Waals surface area contributed by atoms with Crippen LogP contribution in [0.15, 0.2) is 63.6 Å². The molecular formula is C21H23N3O4S2. The van der Waals surface area contributed by atoms with Crippen LogP contribution in [0.3, 0.4) is 0 Å². The first kappa shape index (κ1) is 22.0. The Bertz CT molecular complexity index is 1070. The Hall–Kier alpha value is -2.65. The number of hydrogen-bond acceptors (Lipinski definition) is 7. The van der Waals surface area contributed by atoms with Crippen molar-refractivity contribution in [3.8, 4) is 5.75 Å². The van der Waals surface area contributed by atoms with E-state index in [-0.39, 0.29) is 21.8 Å². The Morgan fingerprint density at radius 2 is 1.97 bits per heavy atom. The third-order valence-corrected chi connectivity index (χ3v) is 6.73. The molecule has 7 nitrogen and oxygen atoms in total. The fourth-order valence-corrected chi connectivity index (χ4v) is 4.72. The minimum Gasteiger partial charge on any atom is -0.378 e. The Morgan fingerprint density at radius 3 is 2.70 bits per heavy atom. The van der Waals surface area contributed by atoms with E-state index in [0.29, 0.717) is 10.7 Å². The number of thioether (sulfide) groups is 1. The summed E-state index contributed by atoms with van der Waals surface area (Å²) in [5, 5.41) is 11.1. The van der Waals surface area contributed by atoms with Crippen LogP contribution in [-0.4, -0.2) is 31.0 Å². The van der Waals surface area contributed by atoms with Gasteiger partial charge in [0.1, 0.15) is 4.90 Å². The lowest BCUT2D eigenvalue weighted by Crippen LogP contribution is -2.24. The van der Waals surface area contributed by atoms with E-state index in [1.54, 1.807) is 36.4 Å². The topological polar surface area (TPSA) is 97.2 Å². The Morgan fingerprint density at radius 1 is 1.20 bits per heavy atom. The van der Waals surface area contributed by atoms with Crippen LogP contribution in [0.25, 0.3) is 0 Å². The van der Waals surface area contributed by atoms with Gasteiger partial charge in [0.15, 0.2) is 10.9 Å². The number of benzene rings is 2. The van der Waals surface area contributed by atoms with Crippen molar-refractivity contribution in [3.63, 3.8) is 0 Å². The van der Waals surface area contributed by atoms with E-state index in [4.69, 9.17) is 4.18 Å². The summed E-state index contributed by atoms with van der Waals surface area (Å²) in [6.07, 6.45) is 4.21. The Labute approximate surface area is 180 Å². The molecule has 1 fully saturated rings. The molecule has 0 radical (unpaired) electrons. The number of unbranched alkanes of at least 4 members (excludes halogenated alkanes) is 1. The molecule has 2 aromatic carbocycles. The van der Waals surface area contributed by atoms with Crippen LogP contribution >= 0.6 is 11.8 Å². The Balaban J connectivity index is 1.77. The number of aryl methyl sites for hydroxylation is 1. The highest BCUT2D eigenvalue weighted by Crippen LogP contribution is 2.25. The van der Waals surface area contributed by atoms with Gasteiger partial charge in [-0.25, -0.2) is 0 Å². The molecule has 0 aromatic heterocycles. The molecule has 158 valence electrons. The predicted octanol–water partition coefficient (Wildman–Crippen LogP) is 3.87. The zero-order valence-electron chi connectivity index (χ0n) is 16.7. The summed E-state index contributed by atoms with van der Waals surface area (Å²) in [5.41, 5.74) is 1.38. The predicted molar refractivity (Wildman–Crippen MR) is 120 cm³/mol. The molecule has 1 heterocycles. The molecule has 0 saturated carbocycles. The van der Waals surface area contributed by atoms with Gasteiger partial charge in [-0.3, -0.25) is 4.79 Å². The summed E-state index contributed by atoms with van der Waals surface area (Å²) in [7, 11) is -3.97. The smallest absolute Gasteiger partial charge is 0.339 e. The van der Waals surface area contributed by atoms with Crippen LogP contribution in [-0.2, 0) is 14.9 Å². The van der Waals surface area contributed by atoms with E-state index in [1.165, 1.54) is 30.1 Å². The second-order valence-corrected chi connectivity index (χ2v) is 9.52. The van der Waals surface area contributed by atoms with Gasteiger partial charge >= 0.3 is 10.1 Å². The summed E-state index contributed by atoms with van der Waals surface area (Å²) >= 11 is 1.36. The van der Waals surface area contributed by atoms with Crippen molar-refractivity contribution in [3.05, 3.63) is 59.7 Å². The van der Waals surface area contributed by atoms with Crippen molar-refractivity contribution in [1.29, 1.82) is 0 Å².